The highest BCUT2D eigenvalue weighted by Crippen LogP contribution is 2.32. The van der Waals surface area contributed by atoms with E-state index in [4.69, 9.17) is 15.0 Å². The summed E-state index contributed by atoms with van der Waals surface area (Å²) in [7, 11) is 0. The number of azide groups is 1. The summed E-state index contributed by atoms with van der Waals surface area (Å²) < 4.78 is 13.3. The zero-order chi connectivity index (χ0) is 24.2. The molecule has 0 radical (unpaired) electrons. The highest BCUT2D eigenvalue weighted by Gasteiger charge is 2.35. The van der Waals surface area contributed by atoms with Crippen molar-refractivity contribution < 1.29 is 9.47 Å². The first kappa shape index (κ1) is 22.0. The molecular weight excluding hydrogens is 446 g/mol. The van der Waals surface area contributed by atoms with E-state index in [2.05, 4.69) is 31.2 Å². The van der Waals surface area contributed by atoms with Crippen LogP contribution in [0.25, 0.3) is 27.1 Å². The molecule has 4 aromatic heterocycles. The Morgan fingerprint density at radius 1 is 1.23 bits per heavy atom. The van der Waals surface area contributed by atoms with Gasteiger partial charge in [-0.2, -0.15) is 10.4 Å². The lowest BCUT2D eigenvalue weighted by atomic mass is 10.1. The fourth-order valence-electron chi connectivity index (χ4n) is 4.19. The Labute approximate surface area is 200 Å². The van der Waals surface area contributed by atoms with Crippen LogP contribution >= 0.6 is 0 Å². The van der Waals surface area contributed by atoms with Crippen LogP contribution in [0.1, 0.15) is 12.5 Å². The Morgan fingerprint density at radius 3 is 2.86 bits per heavy atom. The van der Waals surface area contributed by atoms with Gasteiger partial charge in [0.15, 0.2) is 0 Å². The van der Waals surface area contributed by atoms with E-state index in [0.29, 0.717) is 42.4 Å². The fraction of sp³-hybridized carbons (Fsp3) is 0.250. The SMILES string of the molecule is CCOc1cc(-c2ccc(N3C[C@H](Oc4ccccn4)[C@H](N=[N+]=[N-])C3)nc2)c2c(C#N)cnn2c1. The molecular formula is C24H21N9O2. The smallest absolute Gasteiger partial charge is 0.213 e. The summed E-state index contributed by atoms with van der Waals surface area (Å²) >= 11 is 0. The third kappa shape index (κ3) is 4.38. The van der Waals surface area contributed by atoms with Gasteiger partial charge in [0.05, 0.1) is 42.7 Å². The van der Waals surface area contributed by atoms with E-state index in [-0.39, 0.29) is 12.1 Å². The van der Waals surface area contributed by atoms with Crippen LogP contribution in [-0.2, 0) is 0 Å². The number of aromatic nitrogens is 4. The maximum absolute atomic E-state index is 9.55. The molecule has 1 aliphatic heterocycles. The number of nitrogens with zero attached hydrogens (tertiary/aromatic N) is 9. The molecule has 5 heterocycles. The van der Waals surface area contributed by atoms with Crippen LogP contribution in [0.5, 0.6) is 11.6 Å². The lowest BCUT2D eigenvalue weighted by Crippen LogP contribution is -2.29. The zero-order valence-electron chi connectivity index (χ0n) is 18.9. The maximum Gasteiger partial charge on any atom is 0.213 e. The molecule has 0 N–H and O–H groups in total. The predicted octanol–water partition coefficient (Wildman–Crippen LogP) is 4.01. The monoisotopic (exact) mass is 467 g/mol. The van der Waals surface area contributed by atoms with E-state index in [1.165, 1.54) is 6.20 Å². The van der Waals surface area contributed by atoms with E-state index < -0.39 is 0 Å². The number of nitriles is 1. The minimum Gasteiger partial charge on any atom is -0.492 e. The number of hydrogen-bond acceptors (Lipinski definition) is 8. The van der Waals surface area contributed by atoms with Crippen LogP contribution in [0.4, 0.5) is 5.82 Å². The van der Waals surface area contributed by atoms with Gasteiger partial charge >= 0.3 is 0 Å². The number of ether oxygens (including phenoxy) is 2. The lowest BCUT2D eigenvalue weighted by Gasteiger charge is -2.18. The molecule has 0 bridgehead atoms. The van der Waals surface area contributed by atoms with E-state index in [1.807, 2.05) is 42.2 Å². The maximum atomic E-state index is 9.55. The summed E-state index contributed by atoms with van der Waals surface area (Å²) in [6.45, 7) is 3.39. The Balaban J connectivity index is 1.43. The molecule has 1 aliphatic rings. The molecule has 0 amide bonds. The summed E-state index contributed by atoms with van der Waals surface area (Å²) in [5.74, 6) is 1.86. The van der Waals surface area contributed by atoms with Crippen molar-refractivity contribution in [2.75, 3.05) is 24.6 Å². The lowest BCUT2D eigenvalue weighted by molar-refractivity contribution is 0.198. The molecule has 11 heteroatoms. The third-order valence-corrected chi connectivity index (χ3v) is 5.75. The predicted molar refractivity (Wildman–Crippen MR) is 128 cm³/mol. The molecule has 1 saturated heterocycles. The van der Waals surface area contributed by atoms with Crippen molar-refractivity contribution in [1.29, 1.82) is 5.26 Å². The first-order chi connectivity index (χ1) is 17.2. The van der Waals surface area contributed by atoms with E-state index in [1.54, 1.807) is 29.2 Å². The van der Waals surface area contributed by atoms with E-state index in [0.717, 1.165) is 16.9 Å². The van der Waals surface area contributed by atoms with Gasteiger partial charge in [-0.3, -0.25) is 0 Å². The number of fused-ring (bicyclic) bond motifs is 1. The molecule has 174 valence electrons. The largest absolute Gasteiger partial charge is 0.492 e. The Bertz CT molecular complexity index is 1420. The van der Waals surface area contributed by atoms with Gasteiger partial charge in [-0.25, -0.2) is 14.5 Å². The van der Waals surface area contributed by atoms with Crippen LogP contribution in [0.15, 0.2) is 66.3 Å². The minimum atomic E-state index is -0.379. The van der Waals surface area contributed by atoms with Gasteiger partial charge in [0, 0.05) is 41.0 Å². The fourth-order valence-corrected chi connectivity index (χ4v) is 4.19. The number of pyridine rings is 3. The number of anilines is 1. The minimum absolute atomic E-state index is 0.352. The van der Waals surface area contributed by atoms with E-state index >= 15 is 0 Å². The number of hydrogen-bond donors (Lipinski definition) is 0. The van der Waals surface area contributed by atoms with Crippen molar-refractivity contribution in [2.24, 2.45) is 5.11 Å². The van der Waals surface area contributed by atoms with Gasteiger partial charge in [0.25, 0.3) is 0 Å². The molecule has 11 nitrogen and oxygen atoms in total. The van der Waals surface area contributed by atoms with Gasteiger partial charge in [-0.1, -0.05) is 11.2 Å². The molecule has 4 aromatic rings. The summed E-state index contributed by atoms with van der Waals surface area (Å²) in [5.41, 5.74) is 11.8. The Morgan fingerprint density at radius 2 is 2.14 bits per heavy atom. The van der Waals surface area contributed by atoms with Crippen molar-refractivity contribution in [3.05, 3.63) is 77.2 Å². The summed E-state index contributed by atoms with van der Waals surface area (Å²) in [4.78, 5) is 13.9. The highest BCUT2D eigenvalue weighted by molar-refractivity contribution is 5.85. The second kappa shape index (κ2) is 9.59. The summed E-state index contributed by atoms with van der Waals surface area (Å²) in [6.07, 6.45) is 6.35. The molecule has 5 rings (SSSR count). The molecule has 0 aromatic carbocycles. The van der Waals surface area contributed by atoms with Crippen LogP contribution in [0.3, 0.4) is 0 Å². The quantitative estimate of drug-likeness (QED) is 0.227. The first-order valence-corrected chi connectivity index (χ1v) is 11.1. The van der Waals surface area contributed by atoms with Crippen molar-refractivity contribution in [3.63, 3.8) is 0 Å². The first-order valence-electron chi connectivity index (χ1n) is 11.1. The Hall–Kier alpha value is -4.81. The number of rotatable bonds is 7. The average Bonchev–Trinajstić information content (AvgIpc) is 3.49. The molecule has 0 spiro atoms. The van der Waals surface area contributed by atoms with Crippen LogP contribution in [-0.4, -0.2) is 51.4 Å². The van der Waals surface area contributed by atoms with Crippen LogP contribution in [0.2, 0.25) is 0 Å². The third-order valence-electron chi connectivity index (χ3n) is 5.75. The summed E-state index contributed by atoms with van der Waals surface area (Å²) in [5, 5.41) is 17.8. The van der Waals surface area contributed by atoms with Crippen molar-refractivity contribution in [1.82, 2.24) is 19.6 Å². The van der Waals surface area contributed by atoms with Gasteiger partial charge in [0.2, 0.25) is 5.88 Å². The van der Waals surface area contributed by atoms with Crippen molar-refractivity contribution >= 4 is 11.3 Å². The molecule has 1 fully saturated rings. The molecule has 0 saturated carbocycles. The van der Waals surface area contributed by atoms with Crippen LogP contribution < -0.4 is 14.4 Å². The van der Waals surface area contributed by atoms with Crippen molar-refractivity contribution in [2.45, 2.75) is 19.1 Å². The normalized spacial score (nSPS) is 17.1. The Kier molecular flexibility index (Phi) is 6.03. The van der Waals surface area contributed by atoms with Gasteiger partial charge in [0.1, 0.15) is 23.7 Å². The highest BCUT2D eigenvalue weighted by atomic mass is 16.5. The molecule has 0 unspecified atom stereocenters. The standard InChI is InChI=1S/C24H21N9O2/c1-2-34-18-9-19(24-17(10-25)12-29-33(24)13-18)16-6-7-22(28-11-16)32-14-20(30-31-26)21(15-32)35-23-5-3-4-8-27-23/h3-9,11-13,20-21H,2,14-15H2,1H3/t20-,21+/m1/s1. The molecule has 0 aliphatic carbocycles. The topological polar surface area (TPSA) is 137 Å². The second-order valence-electron chi connectivity index (χ2n) is 7.89. The van der Waals surface area contributed by atoms with Gasteiger partial charge in [-0.15, -0.1) is 0 Å². The van der Waals surface area contributed by atoms with Crippen molar-refractivity contribution in [3.8, 4) is 28.8 Å². The molecule has 35 heavy (non-hydrogen) atoms. The molecule has 2 atom stereocenters. The average molecular weight is 467 g/mol. The summed E-state index contributed by atoms with van der Waals surface area (Å²) in [6, 6.07) is 13.0. The van der Waals surface area contributed by atoms with Crippen LogP contribution in [0, 0.1) is 11.3 Å². The zero-order valence-corrected chi connectivity index (χ0v) is 18.9. The second-order valence-corrected chi connectivity index (χ2v) is 7.89. The van der Waals surface area contributed by atoms with Gasteiger partial charge < -0.3 is 14.4 Å². The van der Waals surface area contributed by atoms with E-state index in [9.17, 15) is 5.26 Å². The van der Waals surface area contributed by atoms with Gasteiger partial charge in [-0.05, 0) is 36.7 Å².